The maximum absolute atomic E-state index is 12.1. The highest BCUT2D eigenvalue weighted by Crippen LogP contribution is 2.35. The van der Waals surface area contributed by atoms with E-state index in [0.29, 0.717) is 0 Å². The number of rotatable bonds is 17. The third-order valence-corrected chi connectivity index (χ3v) is 10.6. The topological polar surface area (TPSA) is 114 Å². The molecule has 9 nitrogen and oxygen atoms in total. The first-order valence-electron chi connectivity index (χ1n) is 14.2. The fourth-order valence-corrected chi connectivity index (χ4v) is 8.20. The van der Waals surface area contributed by atoms with Crippen LogP contribution in [-0.2, 0) is 42.9 Å². The second kappa shape index (κ2) is 17.6. The summed E-state index contributed by atoms with van der Waals surface area (Å²) in [7, 11) is -2.25. The monoisotopic (exact) mass is 558 g/mol. The molecule has 10 heteroatoms. The van der Waals surface area contributed by atoms with Gasteiger partial charge in [0.25, 0.3) is 0 Å². The molecule has 5 unspecified atom stereocenters. The van der Waals surface area contributed by atoms with E-state index in [-0.39, 0.29) is 6.61 Å². The van der Waals surface area contributed by atoms with Gasteiger partial charge in [0.15, 0.2) is 18.3 Å². The van der Waals surface area contributed by atoms with Crippen LogP contribution in [0.15, 0.2) is 0 Å². The van der Waals surface area contributed by atoms with Crippen molar-refractivity contribution in [3.05, 3.63) is 0 Å². The van der Waals surface area contributed by atoms with Crippen molar-refractivity contribution >= 4 is 32.0 Å². The molecule has 0 aliphatic carbocycles. The van der Waals surface area contributed by atoms with E-state index >= 15 is 0 Å². The molecule has 0 aromatic rings. The molecule has 5 atom stereocenters. The van der Waals surface area contributed by atoms with E-state index < -0.39 is 62.1 Å². The van der Waals surface area contributed by atoms with Crippen LogP contribution in [0, 0.1) is 0 Å². The van der Waals surface area contributed by atoms with Gasteiger partial charge < -0.3 is 23.7 Å². The predicted molar refractivity (Wildman–Crippen MR) is 146 cm³/mol. The van der Waals surface area contributed by atoms with Crippen molar-refractivity contribution in [3.63, 3.8) is 0 Å². The van der Waals surface area contributed by atoms with Gasteiger partial charge in [0, 0.05) is 27.7 Å². The van der Waals surface area contributed by atoms with Gasteiger partial charge in [-0.3, -0.25) is 19.2 Å². The highest BCUT2D eigenvalue weighted by molar-refractivity contribution is 6.78. The number of carbonyl (C=O) groups is 4. The molecule has 1 rings (SSSR count). The van der Waals surface area contributed by atoms with Gasteiger partial charge in [-0.05, 0) is 0 Å². The Kier molecular flexibility index (Phi) is 15.8. The molecule has 1 heterocycles. The summed E-state index contributed by atoms with van der Waals surface area (Å²) in [4.78, 5) is 47.6. The lowest BCUT2D eigenvalue weighted by molar-refractivity contribution is -0.240. The zero-order valence-corrected chi connectivity index (χ0v) is 25.5. The summed E-state index contributed by atoms with van der Waals surface area (Å²) in [6.07, 6.45) is 8.32. The van der Waals surface area contributed by atoms with E-state index in [0.717, 1.165) is 18.9 Å². The summed E-state index contributed by atoms with van der Waals surface area (Å²) in [5, 5.41) is 0. The highest BCUT2D eigenvalue weighted by Gasteiger charge is 2.56. The SMILES string of the molecule is CCCCCCCCCCCC[Si](C)(C)C1OC(COC(C)=O)C(OC(C)=O)C(OC(C)=O)C1OC(C)=O. The van der Waals surface area contributed by atoms with Crippen LogP contribution in [0.3, 0.4) is 0 Å². The average molecular weight is 559 g/mol. The van der Waals surface area contributed by atoms with Gasteiger partial charge in [-0.15, -0.1) is 0 Å². The molecule has 0 spiro atoms. The van der Waals surface area contributed by atoms with E-state index in [1.807, 2.05) is 0 Å². The normalized spacial score (nSPS) is 23.4. The second-order valence-electron chi connectivity index (χ2n) is 11.0. The molecular formula is C28H50O9Si. The molecule has 0 amide bonds. The van der Waals surface area contributed by atoms with Crippen LogP contribution in [0.2, 0.25) is 19.1 Å². The average Bonchev–Trinajstić information content (AvgIpc) is 2.80. The lowest BCUT2D eigenvalue weighted by Gasteiger charge is -2.48. The smallest absolute Gasteiger partial charge is 0.303 e. The number of esters is 4. The van der Waals surface area contributed by atoms with E-state index in [2.05, 4.69) is 20.0 Å². The lowest BCUT2D eigenvalue weighted by atomic mass is 9.99. The quantitative estimate of drug-likeness (QED) is 0.102. The number of ether oxygens (including phenoxy) is 5. The van der Waals surface area contributed by atoms with Gasteiger partial charge in [0.05, 0.1) is 13.8 Å². The largest absolute Gasteiger partial charge is 0.463 e. The van der Waals surface area contributed by atoms with Crippen LogP contribution >= 0.6 is 0 Å². The zero-order chi connectivity index (χ0) is 28.7. The Morgan fingerprint density at radius 2 is 1.08 bits per heavy atom. The van der Waals surface area contributed by atoms with Crippen LogP contribution in [0.4, 0.5) is 0 Å². The Morgan fingerprint density at radius 3 is 1.55 bits per heavy atom. The minimum absolute atomic E-state index is 0.183. The Balaban J connectivity index is 2.99. The molecule has 1 aliphatic heterocycles. The maximum Gasteiger partial charge on any atom is 0.303 e. The first-order valence-corrected chi connectivity index (χ1v) is 17.5. The third-order valence-electron chi connectivity index (χ3n) is 6.94. The molecular weight excluding hydrogens is 508 g/mol. The molecule has 0 bridgehead atoms. The van der Waals surface area contributed by atoms with Gasteiger partial charge in [0.2, 0.25) is 0 Å². The fourth-order valence-electron chi connectivity index (χ4n) is 5.07. The van der Waals surface area contributed by atoms with E-state index in [9.17, 15) is 19.2 Å². The Morgan fingerprint density at radius 1 is 0.632 bits per heavy atom. The molecule has 1 fully saturated rings. The van der Waals surface area contributed by atoms with Crippen LogP contribution in [0.5, 0.6) is 0 Å². The second-order valence-corrected chi connectivity index (χ2v) is 16.1. The van der Waals surface area contributed by atoms with Crippen molar-refractivity contribution in [2.75, 3.05) is 6.61 Å². The van der Waals surface area contributed by atoms with Crippen molar-refractivity contribution in [1.82, 2.24) is 0 Å². The molecule has 0 saturated carbocycles. The number of hydrogen-bond acceptors (Lipinski definition) is 9. The maximum atomic E-state index is 12.1. The van der Waals surface area contributed by atoms with Crippen molar-refractivity contribution in [2.45, 2.75) is 148 Å². The molecule has 1 aliphatic rings. The molecule has 0 N–H and O–H groups in total. The summed E-state index contributed by atoms with van der Waals surface area (Å²) >= 11 is 0. The molecule has 0 radical (unpaired) electrons. The van der Waals surface area contributed by atoms with Crippen molar-refractivity contribution in [3.8, 4) is 0 Å². The summed E-state index contributed by atoms with van der Waals surface area (Å²) < 4.78 is 28.4. The molecule has 0 aromatic carbocycles. The number of carbonyl (C=O) groups excluding carboxylic acids is 4. The molecule has 1 saturated heterocycles. The van der Waals surface area contributed by atoms with Crippen LogP contribution in [0.25, 0.3) is 0 Å². The highest BCUT2D eigenvalue weighted by atomic mass is 28.3. The van der Waals surface area contributed by atoms with Crippen LogP contribution in [-0.4, -0.2) is 68.7 Å². The van der Waals surface area contributed by atoms with Crippen molar-refractivity contribution in [2.24, 2.45) is 0 Å². The summed E-state index contributed by atoms with van der Waals surface area (Å²) in [6.45, 7) is 11.4. The van der Waals surface area contributed by atoms with E-state index in [4.69, 9.17) is 23.7 Å². The third kappa shape index (κ3) is 12.7. The van der Waals surface area contributed by atoms with Gasteiger partial charge in [-0.25, -0.2) is 0 Å². The lowest BCUT2D eigenvalue weighted by Crippen LogP contribution is -2.68. The summed E-state index contributed by atoms with van der Waals surface area (Å²) in [5.41, 5.74) is -0.554. The number of unbranched alkanes of at least 4 members (excludes halogenated alkanes) is 9. The van der Waals surface area contributed by atoms with Crippen molar-refractivity contribution < 1.29 is 42.9 Å². The van der Waals surface area contributed by atoms with Crippen LogP contribution in [0.1, 0.15) is 98.8 Å². The van der Waals surface area contributed by atoms with Crippen molar-refractivity contribution in [1.29, 1.82) is 0 Å². The standard InChI is InChI=1S/C28H50O9Si/c1-8-9-10-11-12-13-14-15-16-17-18-38(6,7)28-27(36-23(5)32)26(35-22(4)31)25(34-21(3)30)24(37-28)19-33-20(2)29/h24-28H,8-19H2,1-7H3. The minimum atomic E-state index is -2.25. The van der Waals surface area contributed by atoms with Gasteiger partial charge >= 0.3 is 23.9 Å². The number of hydrogen-bond donors (Lipinski definition) is 0. The molecule has 38 heavy (non-hydrogen) atoms. The predicted octanol–water partition coefficient (Wildman–Crippen LogP) is 5.28. The summed E-state index contributed by atoms with van der Waals surface area (Å²) in [6, 6.07) is 0.914. The zero-order valence-electron chi connectivity index (χ0n) is 24.5. The van der Waals surface area contributed by atoms with Crippen LogP contribution < -0.4 is 0 Å². The van der Waals surface area contributed by atoms with Gasteiger partial charge in [0.1, 0.15) is 12.7 Å². The molecule has 0 aromatic heterocycles. The van der Waals surface area contributed by atoms with E-state index in [1.54, 1.807) is 0 Å². The van der Waals surface area contributed by atoms with Gasteiger partial charge in [-0.1, -0.05) is 90.3 Å². The summed E-state index contributed by atoms with van der Waals surface area (Å²) in [5.74, 6) is -2.29. The Hall–Kier alpha value is -1.94. The minimum Gasteiger partial charge on any atom is -0.463 e. The Bertz CT molecular complexity index is 755. The van der Waals surface area contributed by atoms with Gasteiger partial charge in [-0.2, -0.15) is 0 Å². The molecule has 220 valence electrons. The van der Waals surface area contributed by atoms with E-state index in [1.165, 1.54) is 79.1 Å². The Labute approximate surface area is 229 Å². The fraction of sp³-hybridized carbons (Fsp3) is 0.857. The first kappa shape index (κ1) is 34.1. The first-order chi connectivity index (χ1) is 17.9.